The van der Waals surface area contributed by atoms with Crippen molar-refractivity contribution in [2.24, 2.45) is 0 Å². The monoisotopic (exact) mass is 254 g/mol. The molecule has 2 atom stereocenters. The number of epoxide rings is 1. The van der Waals surface area contributed by atoms with Gasteiger partial charge in [0, 0.05) is 4.47 Å². The summed E-state index contributed by atoms with van der Waals surface area (Å²) in [5.74, 6) is 0. The van der Waals surface area contributed by atoms with Crippen molar-refractivity contribution in [3.63, 3.8) is 0 Å². The average Bonchev–Trinajstić information content (AvgIpc) is 2.80. The molecule has 1 aliphatic rings. The van der Waals surface area contributed by atoms with Gasteiger partial charge in [-0.1, -0.05) is 28.1 Å². The van der Waals surface area contributed by atoms with Crippen molar-refractivity contribution >= 4 is 15.9 Å². The van der Waals surface area contributed by atoms with Gasteiger partial charge in [0.2, 0.25) is 0 Å². The molecule has 1 nitrogen and oxygen atoms in total. The predicted molar refractivity (Wildman–Crippen MR) is 61.5 cm³/mol. The molecule has 1 heterocycles. The van der Waals surface area contributed by atoms with E-state index in [4.69, 9.17) is 4.74 Å². The second-order valence-electron chi connectivity index (χ2n) is 4.01. The van der Waals surface area contributed by atoms with Crippen LogP contribution < -0.4 is 0 Å². The molecule has 0 aromatic heterocycles. The summed E-state index contributed by atoms with van der Waals surface area (Å²) < 4.78 is 6.61. The summed E-state index contributed by atoms with van der Waals surface area (Å²) in [5, 5.41) is 0. The average molecular weight is 255 g/mol. The lowest BCUT2D eigenvalue weighted by Crippen LogP contribution is -1.94. The molecule has 0 N–H and O–H groups in total. The molecule has 1 aromatic rings. The molecule has 0 amide bonds. The first-order valence-corrected chi connectivity index (χ1v) is 5.86. The second-order valence-corrected chi connectivity index (χ2v) is 4.87. The number of hydrogen-bond donors (Lipinski definition) is 0. The Kier molecular flexibility index (Phi) is 2.93. The van der Waals surface area contributed by atoms with E-state index in [1.54, 1.807) is 0 Å². The van der Waals surface area contributed by atoms with Crippen LogP contribution >= 0.6 is 15.9 Å². The fourth-order valence-corrected chi connectivity index (χ4v) is 2.38. The van der Waals surface area contributed by atoms with E-state index in [1.807, 2.05) is 0 Å². The maximum atomic E-state index is 5.39. The number of rotatable bonds is 3. The molecule has 0 saturated carbocycles. The standard InChI is InChI=1S/C12H15BrO/c1-8-3-4-10(11(13)7-8)5-6-12-9(2)14-12/h3-4,7,9,12H,5-6H2,1-2H3. The van der Waals surface area contributed by atoms with Gasteiger partial charge in [0.05, 0.1) is 12.2 Å². The lowest BCUT2D eigenvalue weighted by atomic mass is 10.1. The molecule has 1 aromatic carbocycles. The largest absolute Gasteiger partial charge is 0.370 e. The van der Waals surface area contributed by atoms with Gasteiger partial charge in [-0.25, -0.2) is 0 Å². The molecule has 14 heavy (non-hydrogen) atoms. The third-order valence-electron chi connectivity index (χ3n) is 2.74. The highest BCUT2D eigenvalue weighted by atomic mass is 79.9. The first-order valence-electron chi connectivity index (χ1n) is 5.07. The highest BCUT2D eigenvalue weighted by molar-refractivity contribution is 9.10. The van der Waals surface area contributed by atoms with Crippen LogP contribution in [0.2, 0.25) is 0 Å². The van der Waals surface area contributed by atoms with Crippen molar-refractivity contribution in [2.75, 3.05) is 0 Å². The maximum Gasteiger partial charge on any atom is 0.0842 e. The summed E-state index contributed by atoms with van der Waals surface area (Å²) in [6, 6.07) is 6.54. The van der Waals surface area contributed by atoms with Gasteiger partial charge in [-0.2, -0.15) is 0 Å². The van der Waals surface area contributed by atoms with Gasteiger partial charge in [-0.05, 0) is 43.9 Å². The van der Waals surface area contributed by atoms with E-state index in [-0.39, 0.29) is 0 Å². The summed E-state index contributed by atoms with van der Waals surface area (Å²) in [4.78, 5) is 0. The molecule has 0 radical (unpaired) electrons. The summed E-state index contributed by atoms with van der Waals surface area (Å²) in [6.07, 6.45) is 3.24. The van der Waals surface area contributed by atoms with E-state index in [9.17, 15) is 0 Å². The lowest BCUT2D eigenvalue weighted by molar-refractivity contribution is 0.370. The van der Waals surface area contributed by atoms with Crippen LogP contribution in [0.3, 0.4) is 0 Å². The predicted octanol–water partition coefficient (Wildman–Crippen LogP) is 3.48. The molecule has 2 unspecified atom stereocenters. The molecule has 1 aliphatic heterocycles. The van der Waals surface area contributed by atoms with E-state index >= 15 is 0 Å². The first-order chi connectivity index (χ1) is 6.66. The van der Waals surface area contributed by atoms with Gasteiger partial charge in [0.25, 0.3) is 0 Å². The van der Waals surface area contributed by atoms with Crippen LogP contribution in [-0.4, -0.2) is 12.2 Å². The zero-order chi connectivity index (χ0) is 10.1. The fourth-order valence-electron chi connectivity index (χ4n) is 1.69. The van der Waals surface area contributed by atoms with Crippen molar-refractivity contribution in [1.29, 1.82) is 0 Å². The number of benzene rings is 1. The van der Waals surface area contributed by atoms with Crippen LogP contribution in [0.1, 0.15) is 24.5 Å². The normalized spacial score (nSPS) is 25.1. The van der Waals surface area contributed by atoms with Crippen molar-refractivity contribution in [3.8, 4) is 0 Å². The maximum absolute atomic E-state index is 5.39. The molecule has 1 fully saturated rings. The van der Waals surface area contributed by atoms with Gasteiger partial charge >= 0.3 is 0 Å². The van der Waals surface area contributed by atoms with Gasteiger partial charge in [-0.15, -0.1) is 0 Å². The van der Waals surface area contributed by atoms with Crippen LogP contribution in [0.15, 0.2) is 22.7 Å². The highest BCUT2D eigenvalue weighted by Gasteiger charge is 2.33. The van der Waals surface area contributed by atoms with Crippen molar-refractivity contribution < 1.29 is 4.74 Å². The first kappa shape index (κ1) is 10.2. The zero-order valence-electron chi connectivity index (χ0n) is 8.59. The summed E-state index contributed by atoms with van der Waals surface area (Å²) in [5.41, 5.74) is 2.69. The van der Waals surface area contributed by atoms with Crippen LogP contribution in [0.25, 0.3) is 0 Å². The summed E-state index contributed by atoms with van der Waals surface area (Å²) in [6.45, 7) is 4.25. The minimum atomic E-state index is 0.485. The molecule has 0 bridgehead atoms. The Morgan fingerprint density at radius 1 is 1.43 bits per heavy atom. The van der Waals surface area contributed by atoms with E-state index in [0.29, 0.717) is 12.2 Å². The van der Waals surface area contributed by atoms with Gasteiger partial charge < -0.3 is 4.74 Å². The zero-order valence-corrected chi connectivity index (χ0v) is 10.2. The van der Waals surface area contributed by atoms with E-state index in [2.05, 4.69) is 48.0 Å². The minimum absolute atomic E-state index is 0.485. The van der Waals surface area contributed by atoms with Crippen LogP contribution in [-0.2, 0) is 11.2 Å². The van der Waals surface area contributed by atoms with Gasteiger partial charge in [0.15, 0.2) is 0 Å². The number of ether oxygens (including phenoxy) is 1. The number of hydrogen-bond acceptors (Lipinski definition) is 1. The van der Waals surface area contributed by atoms with Crippen LogP contribution in [0, 0.1) is 6.92 Å². The Hall–Kier alpha value is -0.340. The highest BCUT2D eigenvalue weighted by Crippen LogP contribution is 2.28. The molecule has 0 aliphatic carbocycles. The molecule has 1 saturated heterocycles. The number of halogens is 1. The quantitative estimate of drug-likeness (QED) is 0.753. The Balaban J connectivity index is 1.95. The summed E-state index contributed by atoms with van der Waals surface area (Å²) >= 11 is 3.59. The van der Waals surface area contributed by atoms with Crippen LogP contribution in [0.4, 0.5) is 0 Å². The van der Waals surface area contributed by atoms with E-state index in [1.165, 1.54) is 15.6 Å². The molecule has 2 heteroatoms. The molecule has 76 valence electrons. The molecule has 2 rings (SSSR count). The van der Waals surface area contributed by atoms with Crippen LogP contribution in [0.5, 0.6) is 0 Å². The topological polar surface area (TPSA) is 12.5 Å². The van der Waals surface area contributed by atoms with Gasteiger partial charge in [-0.3, -0.25) is 0 Å². The number of aryl methyl sites for hydroxylation is 2. The second kappa shape index (κ2) is 4.03. The van der Waals surface area contributed by atoms with Crippen molar-refractivity contribution in [3.05, 3.63) is 33.8 Å². The lowest BCUT2D eigenvalue weighted by Gasteiger charge is -2.03. The van der Waals surface area contributed by atoms with E-state index < -0.39 is 0 Å². The third kappa shape index (κ3) is 2.37. The smallest absolute Gasteiger partial charge is 0.0842 e. The Morgan fingerprint density at radius 2 is 2.14 bits per heavy atom. The SMILES string of the molecule is Cc1ccc(CCC2OC2C)c(Br)c1. The molecule has 0 spiro atoms. The molecular formula is C12H15BrO. The summed E-state index contributed by atoms with van der Waals surface area (Å²) in [7, 11) is 0. The fraction of sp³-hybridized carbons (Fsp3) is 0.500. The Labute approximate surface area is 93.6 Å². The molecular weight excluding hydrogens is 240 g/mol. The van der Waals surface area contributed by atoms with E-state index in [0.717, 1.165) is 12.8 Å². The van der Waals surface area contributed by atoms with Crippen molar-refractivity contribution in [1.82, 2.24) is 0 Å². The van der Waals surface area contributed by atoms with Crippen molar-refractivity contribution in [2.45, 2.75) is 38.9 Å². The minimum Gasteiger partial charge on any atom is -0.370 e. The Morgan fingerprint density at radius 3 is 2.71 bits per heavy atom. The van der Waals surface area contributed by atoms with Gasteiger partial charge in [0.1, 0.15) is 0 Å². The third-order valence-corrected chi connectivity index (χ3v) is 3.48. The Bertz CT molecular complexity index is 335.